The van der Waals surface area contributed by atoms with Crippen LogP contribution < -0.4 is 0 Å². The maximum atomic E-state index is 14.3. The molecule has 0 spiro atoms. The van der Waals surface area contributed by atoms with E-state index in [-0.39, 0.29) is 44.0 Å². The second-order valence-electron chi connectivity index (χ2n) is 19.0. The first kappa shape index (κ1) is 38.8. The van der Waals surface area contributed by atoms with Crippen molar-refractivity contribution in [2.24, 2.45) is 58.2 Å². The van der Waals surface area contributed by atoms with Gasteiger partial charge >= 0.3 is 27.3 Å². The molecule has 1 heterocycles. The molecule has 0 aromatic rings. The Labute approximate surface area is 307 Å². The zero-order valence-electron chi connectivity index (χ0n) is 31.0. The van der Waals surface area contributed by atoms with Crippen LogP contribution in [0, 0.1) is 58.2 Å². The fourth-order valence-corrected chi connectivity index (χ4v) is 12.6. The molecular weight excluding hydrogens is 698 g/mol. The normalized spacial score (nSPS) is 43.7. The SMILES string of the molecule is CC1CC2CC(COCC3(COC(=O)C45CCCC(CC(C)C4)C5)COC(C4CC5CCCC(OC(=O)C(F)(F)S(=O)(=O)O)(C5)C4)OC3)CC(C1)C2. The maximum absolute atomic E-state index is 14.3. The molecule has 10 nitrogen and oxygen atoms in total. The number of rotatable bonds is 11. The Hall–Kier alpha value is -1.41. The van der Waals surface area contributed by atoms with Gasteiger partial charge < -0.3 is 23.7 Å². The van der Waals surface area contributed by atoms with E-state index in [0.29, 0.717) is 56.7 Å². The minimum atomic E-state index is -5.98. The Morgan fingerprint density at radius 2 is 1.46 bits per heavy atom. The number of alkyl halides is 2. The van der Waals surface area contributed by atoms with Gasteiger partial charge in [-0.3, -0.25) is 9.35 Å². The summed E-state index contributed by atoms with van der Waals surface area (Å²) in [5, 5.41) is -5.06. The molecule has 1 N–H and O–H groups in total. The summed E-state index contributed by atoms with van der Waals surface area (Å²) in [4.78, 5) is 26.3. The molecule has 1 aliphatic heterocycles. The lowest BCUT2D eigenvalue weighted by Crippen LogP contribution is -2.55. The number of fused-ring (bicyclic) bond motifs is 6. The van der Waals surface area contributed by atoms with Crippen LogP contribution in [0.5, 0.6) is 0 Å². The monoisotopic (exact) mass is 758 g/mol. The van der Waals surface area contributed by atoms with Crippen LogP contribution in [-0.2, 0) is 43.4 Å². The highest BCUT2D eigenvalue weighted by Gasteiger charge is 2.59. The smallest absolute Gasteiger partial charge is 0.464 e. The van der Waals surface area contributed by atoms with E-state index in [0.717, 1.165) is 49.9 Å². The van der Waals surface area contributed by atoms with Crippen molar-refractivity contribution in [3.05, 3.63) is 0 Å². The minimum Gasteiger partial charge on any atom is -0.464 e. The number of ether oxygens (including phenoxy) is 5. The van der Waals surface area contributed by atoms with Crippen LogP contribution in [0.4, 0.5) is 8.78 Å². The Morgan fingerprint density at radius 3 is 2.15 bits per heavy atom. The molecule has 8 unspecified atom stereocenters. The molecule has 6 bridgehead atoms. The van der Waals surface area contributed by atoms with Gasteiger partial charge in [0, 0.05) is 12.5 Å². The van der Waals surface area contributed by atoms with Crippen LogP contribution in [0.15, 0.2) is 0 Å². The Kier molecular flexibility index (Phi) is 11.1. The van der Waals surface area contributed by atoms with Crippen molar-refractivity contribution < 1.29 is 55.0 Å². The second-order valence-corrected chi connectivity index (χ2v) is 20.4. The van der Waals surface area contributed by atoms with Gasteiger partial charge in [-0.2, -0.15) is 17.2 Å². The van der Waals surface area contributed by atoms with E-state index in [1.165, 1.54) is 44.9 Å². The molecule has 0 aromatic heterocycles. The summed E-state index contributed by atoms with van der Waals surface area (Å²) in [6, 6.07) is 0. The molecular formula is C39H60F2O10S. The lowest BCUT2D eigenvalue weighted by atomic mass is 9.59. The molecule has 13 heteroatoms. The number of esters is 2. The van der Waals surface area contributed by atoms with E-state index >= 15 is 0 Å². The molecule has 6 aliphatic carbocycles. The van der Waals surface area contributed by atoms with Crippen LogP contribution in [-0.4, -0.2) is 75.1 Å². The molecule has 8 atom stereocenters. The van der Waals surface area contributed by atoms with Gasteiger partial charge in [-0.05, 0) is 131 Å². The fourth-order valence-electron chi connectivity index (χ4n) is 12.3. The lowest BCUT2D eigenvalue weighted by Gasteiger charge is -2.50. The van der Waals surface area contributed by atoms with Gasteiger partial charge in [0.2, 0.25) is 0 Å². The first-order chi connectivity index (χ1) is 24.6. The van der Waals surface area contributed by atoms with E-state index in [1.807, 2.05) is 0 Å². The summed E-state index contributed by atoms with van der Waals surface area (Å²) >= 11 is 0. The summed E-state index contributed by atoms with van der Waals surface area (Å²) in [6.45, 7) is 6.14. The molecule has 7 fully saturated rings. The second kappa shape index (κ2) is 14.9. The Morgan fingerprint density at radius 1 is 0.808 bits per heavy atom. The van der Waals surface area contributed by atoms with Gasteiger partial charge in [-0.15, -0.1) is 0 Å². The molecule has 7 aliphatic rings. The first-order valence-electron chi connectivity index (χ1n) is 20.1. The Bertz CT molecular complexity index is 1400. The molecule has 0 amide bonds. The molecule has 7 rings (SSSR count). The highest BCUT2D eigenvalue weighted by Crippen LogP contribution is 2.53. The van der Waals surface area contributed by atoms with E-state index in [2.05, 4.69) is 13.8 Å². The maximum Gasteiger partial charge on any atom is 0.465 e. The predicted molar refractivity (Wildman–Crippen MR) is 185 cm³/mol. The van der Waals surface area contributed by atoms with Crippen molar-refractivity contribution >= 4 is 22.1 Å². The van der Waals surface area contributed by atoms with Crippen LogP contribution in [0.2, 0.25) is 0 Å². The van der Waals surface area contributed by atoms with Crippen molar-refractivity contribution in [2.75, 3.05) is 33.0 Å². The number of hydrogen-bond acceptors (Lipinski definition) is 9. The van der Waals surface area contributed by atoms with Gasteiger partial charge in [0.1, 0.15) is 12.2 Å². The molecule has 52 heavy (non-hydrogen) atoms. The van der Waals surface area contributed by atoms with Gasteiger partial charge in [-0.1, -0.05) is 33.1 Å². The van der Waals surface area contributed by atoms with E-state index in [1.54, 1.807) is 0 Å². The summed E-state index contributed by atoms with van der Waals surface area (Å²) in [6.07, 6.45) is 14.5. The standard InChI is InChI=1S/C39H60F2O10S/c1-25-9-29-12-30(10-25)14-31(13-29)20-47-21-36(24-50-34(42)37-7-3-5-27(17-37)11-26(2)16-37)22-48-33(49-23-36)32-15-28-6-4-8-38(18-28,19-32)51-35(43)39(40,41)52(44,45)46/h25-33H,3-24H2,1-2H3,(H,44,45,46). The molecule has 0 radical (unpaired) electrons. The van der Waals surface area contributed by atoms with Gasteiger partial charge in [0.25, 0.3) is 0 Å². The van der Waals surface area contributed by atoms with Crippen molar-refractivity contribution in [2.45, 2.75) is 140 Å². The zero-order chi connectivity index (χ0) is 36.9. The number of halogens is 2. The molecule has 0 aromatic carbocycles. The van der Waals surface area contributed by atoms with Crippen LogP contribution in [0.1, 0.15) is 123 Å². The topological polar surface area (TPSA) is 135 Å². The predicted octanol–water partition coefficient (Wildman–Crippen LogP) is 7.34. The molecule has 6 saturated carbocycles. The van der Waals surface area contributed by atoms with Crippen molar-refractivity contribution in [1.82, 2.24) is 0 Å². The Balaban J connectivity index is 1.01. The van der Waals surface area contributed by atoms with E-state index in [4.69, 9.17) is 28.2 Å². The van der Waals surface area contributed by atoms with E-state index in [9.17, 15) is 26.8 Å². The van der Waals surface area contributed by atoms with Gasteiger partial charge in [-0.25, -0.2) is 4.79 Å². The van der Waals surface area contributed by atoms with Gasteiger partial charge in [0.05, 0.1) is 30.7 Å². The third-order valence-electron chi connectivity index (χ3n) is 14.1. The number of carbonyl (C=O) groups excluding carboxylic acids is 2. The summed E-state index contributed by atoms with van der Waals surface area (Å²) in [7, 11) is -5.98. The first-order valence-corrected chi connectivity index (χ1v) is 21.6. The zero-order valence-corrected chi connectivity index (χ0v) is 31.9. The van der Waals surface area contributed by atoms with Crippen LogP contribution >= 0.6 is 0 Å². The quantitative estimate of drug-likeness (QED) is 0.169. The summed E-state index contributed by atoms with van der Waals surface area (Å²) in [5.74, 6) is 1.27. The minimum absolute atomic E-state index is 0.0530. The van der Waals surface area contributed by atoms with Gasteiger partial charge in [0.15, 0.2) is 6.29 Å². The highest BCUT2D eigenvalue weighted by molar-refractivity contribution is 7.87. The lowest BCUT2D eigenvalue weighted by molar-refractivity contribution is -0.280. The third-order valence-corrected chi connectivity index (χ3v) is 15.0. The summed E-state index contributed by atoms with van der Waals surface area (Å²) in [5.41, 5.74) is -2.46. The number of hydrogen-bond donors (Lipinski definition) is 1. The van der Waals surface area contributed by atoms with Crippen LogP contribution in [0.3, 0.4) is 0 Å². The van der Waals surface area contributed by atoms with Crippen molar-refractivity contribution in [3.8, 4) is 0 Å². The summed E-state index contributed by atoms with van der Waals surface area (Å²) < 4.78 is 91.0. The average Bonchev–Trinajstić information content (AvgIpc) is 3.06. The highest BCUT2D eigenvalue weighted by atomic mass is 32.2. The molecule has 1 saturated heterocycles. The molecule has 296 valence electrons. The van der Waals surface area contributed by atoms with Crippen LogP contribution in [0.25, 0.3) is 0 Å². The van der Waals surface area contributed by atoms with Crippen molar-refractivity contribution in [3.63, 3.8) is 0 Å². The largest absolute Gasteiger partial charge is 0.465 e. The van der Waals surface area contributed by atoms with E-state index < -0.39 is 44.1 Å². The average molecular weight is 759 g/mol. The fraction of sp³-hybridized carbons (Fsp3) is 0.949. The third kappa shape index (κ3) is 8.24. The number of carbonyl (C=O) groups is 2. The van der Waals surface area contributed by atoms with Crippen molar-refractivity contribution in [1.29, 1.82) is 0 Å².